The van der Waals surface area contributed by atoms with Gasteiger partial charge in [0.05, 0.1) is 23.3 Å². The summed E-state index contributed by atoms with van der Waals surface area (Å²) in [6.45, 7) is 0.207. The predicted molar refractivity (Wildman–Crippen MR) is 150 cm³/mol. The molecule has 0 aliphatic carbocycles. The van der Waals surface area contributed by atoms with Gasteiger partial charge in [-0.25, -0.2) is 4.39 Å². The zero-order valence-electron chi connectivity index (χ0n) is 21.4. The van der Waals surface area contributed by atoms with Crippen LogP contribution in [-0.4, -0.2) is 36.6 Å². The standard InChI is InChI=1S/C31H26FN3O5/c32-25-9-6-12-28-24(25)19-29(40-28)31(37)35(20-39-22-7-2-1-3-8-22)17-18-38-23-15-13-21(14-16-23)30(36)34-27-11-5-4-10-26(27)33/h1-16,19H,17-18,20,33H2,(H,34,36). The molecule has 0 aliphatic heterocycles. The van der Waals surface area contributed by atoms with Crippen molar-refractivity contribution in [2.24, 2.45) is 0 Å². The molecule has 1 aromatic heterocycles. The maximum Gasteiger partial charge on any atom is 0.292 e. The maximum atomic E-state index is 14.2. The third kappa shape index (κ3) is 6.21. The molecule has 0 radical (unpaired) electrons. The molecule has 0 atom stereocenters. The fourth-order valence-corrected chi connectivity index (χ4v) is 3.96. The highest BCUT2D eigenvalue weighted by molar-refractivity contribution is 6.05. The maximum absolute atomic E-state index is 14.2. The van der Waals surface area contributed by atoms with Gasteiger partial charge in [0.15, 0.2) is 12.5 Å². The molecule has 0 fully saturated rings. The van der Waals surface area contributed by atoms with Crippen LogP contribution in [0.3, 0.4) is 0 Å². The summed E-state index contributed by atoms with van der Waals surface area (Å²) in [6.07, 6.45) is 0. The van der Waals surface area contributed by atoms with Crippen molar-refractivity contribution in [3.63, 3.8) is 0 Å². The first kappa shape index (κ1) is 26.3. The average molecular weight is 540 g/mol. The van der Waals surface area contributed by atoms with Gasteiger partial charge in [-0.15, -0.1) is 0 Å². The van der Waals surface area contributed by atoms with Crippen LogP contribution in [0.25, 0.3) is 11.0 Å². The number of halogens is 1. The molecule has 0 aliphatic rings. The van der Waals surface area contributed by atoms with Crippen LogP contribution in [0.2, 0.25) is 0 Å². The van der Waals surface area contributed by atoms with E-state index in [1.165, 1.54) is 23.1 Å². The highest BCUT2D eigenvalue weighted by Crippen LogP contribution is 2.24. The second kappa shape index (κ2) is 12.0. The Hall–Kier alpha value is -5.31. The predicted octanol–water partition coefficient (Wildman–Crippen LogP) is 5.96. The Labute approximate surface area is 229 Å². The number of fused-ring (bicyclic) bond motifs is 1. The number of carbonyl (C=O) groups excluding carboxylic acids is 2. The molecule has 3 N–H and O–H groups in total. The van der Waals surface area contributed by atoms with Crippen LogP contribution in [0.5, 0.6) is 11.5 Å². The van der Waals surface area contributed by atoms with Gasteiger partial charge in [0.25, 0.3) is 11.8 Å². The topological polar surface area (TPSA) is 107 Å². The SMILES string of the molecule is Nc1ccccc1NC(=O)c1ccc(OCCN(COc2ccccc2)C(=O)c2cc3c(F)cccc3o2)cc1. The first-order chi connectivity index (χ1) is 19.5. The number of hydrogen-bond acceptors (Lipinski definition) is 6. The summed E-state index contributed by atoms with van der Waals surface area (Å²) in [5, 5.41) is 3.00. The Balaban J connectivity index is 1.23. The number of nitrogens with two attached hydrogens (primary N) is 1. The van der Waals surface area contributed by atoms with E-state index in [0.29, 0.717) is 28.4 Å². The minimum absolute atomic E-state index is 0.00817. The number of carbonyl (C=O) groups is 2. The van der Waals surface area contributed by atoms with Crippen LogP contribution < -0.4 is 20.5 Å². The highest BCUT2D eigenvalue weighted by atomic mass is 19.1. The minimum Gasteiger partial charge on any atom is -0.492 e. The smallest absolute Gasteiger partial charge is 0.292 e. The number of ether oxygens (including phenoxy) is 2. The van der Waals surface area contributed by atoms with E-state index in [1.54, 1.807) is 66.7 Å². The van der Waals surface area contributed by atoms with E-state index in [1.807, 2.05) is 18.2 Å². The monoisotopic (exact) mass is 539 g/mol. The largest absolute Gasteiger partial charge is 0.492 e. The number of hydrogen-bond donors (Lipinski definition) is 2. The van der Waals surface area contributed by atoms with E-state index in [9.17, 15) is 14.0 Å². The van der Waals surface area contributed by atoms with Crippen LogP contribution in [0, 0.1) is 5.82 Å². The number of nitrogens with zero attached hydrogens (tertiary/aromatic N) is 1. The molecule has 0 saturated carbocycles. The molecule has 2 amide bonds. The van der Waals surface area contributed by atoms with Gasteiger partial charge in [0.1, 0.15) is 29.5 Å². The van der Waals surface area contributed by atoms with Crippen LogP contribution in [0.4, 0.5) is 15.8 Å². The van der Waals surface area contributed by atoms with Gasteiger partial charge in [-0.1, -0.05) is 36.4 Å². The van der Waals surface area contributed by atoms with Gasteiger partial charge in [0.2, 0.25) is 0 Å². The summed E-state index contributed by atoms with van der Waals surface area (Å²) in [4.78, 5) is 27.3. The first-order valence-corrected chi connectivity index (χ1v) is 12.5. The molecule has 0 saturated heterocycles. The number of nitrogen functional groups attached to an aromatic ring is 1. The lowest BCUT2D eigenvalue weighted by molar-refractivity contribution is 0.0530. The summed E-state index contributed by atoms with van der Waals surface area (Å²) in [6, 6.07) is 28.5. The lowest BCUT2D eigenvalue weighted by Gasteiger charge is -2.22. The summed E-state index contributed by atoms with van der Waals surface area (Å²) >= 11 is 0. The van der Waals surface area contributed by atoms with E-state index in [4.69, 9.17) is 19.6 Å². The molecule has 9 heteroatoms. The third-order valence-corrected chi connectivity index (χ3v) is 6.09. The Morgan fingerprint density at radius 3 is 2.33 bits per heavy atom. The van der Waals surface area contributed by atoms with Crippen molar-refractivity contribution in [1.29, 1.82) is 0 Å². The quantitative estimate of drug-likeness (QED) is 0.167. The number of nitrogens with one attached hydrogen (secondary N) is 1. The van der Waals surface area contributed by atoms with Crippen LogP contribution in [0.15, 0.2) is 108 Å². The molecule has 8 nitrogen and oxygen atoms in total. The summed E-state index contributed by atoms with van der Waals surface area (Å²) < 4.78 is 31.4. The zero-order chi connectivity index (χ0) is 27.9. The molecule has 1 heterocycles. The van der Waals surface area contributed by atoms with Gasteiger partial charge in [-0.3, -0.25) is 14.5 Å². The summed E-state index contributed by atoms with van der Waals surface area (Å²) in [5.74, 6) is -0.156. The molecule has 5 rings (SSSR count). The highest BCUT2D eigenvalue weighted by Gasteiger charge is 2.22. The number of rotatable bonds is 10. The van der Waals surface area contributed by atoms with E-state index < -0.39 is 11.7 Å². The Kier molecular flexibility index (Phi) is 7.92. The molecule has 202 valence electrons. The summed E-state index contributed by atoms with van der Waals surface area (Å²) in [7, 11) is 0. The zero-order valence-corrected chi connectivity index (χ0v) is 21.4. The number of benzene rings is 4. The molecular weight excluding hydrogens is 513 g/mol. The number of amides is 2. The van der Waals surface area contributed by atoms with Crippen molar-refractivity contribution in [2.45, 2.75) is 0 Å². The Morgan fingerprint density at radius 2 is 1.57 bits per heavy atom. The lowest BCUT2D eigenvalue weighted by atomic mass is 10.2. The molecular formula is C31H26FN3O5. The molecule has 4 aromatic carbocycles. The van der Waals surface area contributed by atoms with Crippen molar-refractivity contribution in [2.75, 3.05) is 30.9 Å². The van der Waals surface area contributed by atoms with Crippen molar-refractivity contribution in [3.05, 3.63) is 120 Å². The van der Waals surface area contributed by atoms with E-state index in [-0.39, 0.29) is 42.5 Å². The molecule has 0 spiro atoms. The van der Waals surface area contributed by atoms with Crippen molar-refractivity contribution in [3.8, 4) is 11.5 Å². The molecule has 5 aromatic rings. The fourth-order valence-electron chi connectivity index (χ4n) is 3.96. The number of para-hydroxylation sites is 3. The van der Waals surface area contributed by atoms with Crippen LogP contribution in [0.1, 0.15) is 20.9 Å². The van der Waals surface area contributed by atoms with Gasteiger partial charge in [0, 0.05) is 11.6 Å². The Morgan fingerprint density at radius 1 is 0.850 bits per heavy atom. The average Bonchev–Trinajstić information content (AvgIpc) is 3.42. The minimum atomic E-state index is -0.472. The number of anilines is 2. The van der Waals surface area contributed by atoms with Crippen molar-refractivity contribution < 1.29 is 27.9 Å². The molecule has 0 unspecified atom stereocenters. The Bertz CT molecular complexity index is 1620. The third-order valence-electron chi connectivity index (χ3n) is 6.09. The molecule has 0 bridgehead atoms. The van der Waals surface area contributed by atoms with Crippen molar-refractivity contribution in [1.82, 2.24) is 4.90 Å². The second-order valence-corrected chi connectivity index (χ2v) is 8.83. The van der Waals surface area contributed by atoms with Crippen molar-refractivity contribution >= 4 is 34.2 Å². The van der Waals surface area contributed by atoms with Crippen LogP contribution in [-0.2, 0) is 0 Å². The van der Waals surface area contributed by atoms with Gasteiger partial charge < -0.3 is 24.9 Å². The first-order valence-electron chi connectivity index (χ1n) is 12.5. The fraction of sp³-hybridized carbons (Fsp3) is 0.0968. The van der Waals surface area contributed by atoms with E-state index >= 15 is 0 Å². The van der Waals surface area contributed by atoms with Crippen LogP contribution >= 0.6 is 0 Å². The van der Waals surface area contributed by atoms with Gasteiger partial charge >= 0.3 is 0 Å². The van der Waals surface area contributed by atoms with Gasteiger partial charge in [-0.05, 0) is 60.7 Å². The normalized spacial score (nSPS) is 10.7. The molecule has 40 heavy (non-hydrogen) atoms. The van der Waals surface area contributed by atoms with E-state index in [2.05, 4.69) is 5.32 Å². The second-order valence-electron chi connectivity index (χ2n) is 8.83. The van der Waals surface area contributed by atoms with E-state index in [0.717, 1.165) is 0 Å². The van der Waals surface area contributed by atoms with Gasteiger partial charge in [-0.2, -0.15) is 0 Å². The summed E-state index contributed by atoms with van der Waals surface area (Å²) in [5.41, 5.74) is 7.61. The lowest BCUT2D eigenvalue weighted by Crippen LogP contribution is -2.37. The number of furan rings is 1.